The van der Waals surface area contributed by atoms with Gasteiger partial charge in [-0.3, -0.25) is 4.79 Å². The lowest BCUT2D eigenvalue weighted by Gasteiger charge is -2.10. The number of amides is 1. The molecule has 0 radical (unpaired) electrons. The predicted molar refractivity (Wildman–Crippen MR) is 94.4 cm³/mol. The molecular weight excluding hydrogens is 342 g/mol. The Hall–Kier alpha value is -1.88. The zero-order valence-electron chi connectivity index (χ0n) is 13.0. The van der Waals surface area contributed by atoms with E-state index < -0.39 is 0 Å². The van der Waals surface area contributed by atoms with E-state index in [1.165, 1.54) is 0 Å². The third-order valence-corrected chi connectivity index (χ3v) is 4.00. The average molecular weight is 362 g/mol. The van der Waals surface area contributed by atoms with Gasteiger partial charge in [0.2, 0.25) is 0 Å². The van der Waals surface area contributed by atoms with E-state index in [0.29, 0.717) is 17.3 Å². The molecule has 1 aromatic carbocycles. The van der Waals surface area contributed by atoms with Crippen LogP contribution in [0.15, 0.2) is 41.0 Å². The van der Waals surface area contributed by atoms with Crippen LogP contribution in [-0.2, 0) is 0 Å². The summed E-state index contributed by atoms with van der Waals surface area (Å²) in [4.78, 5) is 16.5. The topological polar surface area (TPSA) is 54.0 Å². The van der Waals surface area contributed by atoms with Gasteiger partial charge in [0.1, 0.15) is 5.82 Å². The van der Waals surface area contributed by atoms with Gasteiger partial charge >= 0.3 is 0 Å². The van der Waals surface area contributed by atoms with Crippen molar-refractivity contribution in [3.63, 3.8) is 0 Å². The number of hydrogen-bond acceptors (Lipinski definition) is 3. The van der Waals surface area contributed by atoms with Crippen LogP contribution in [0.4, 0.5) is 11.5 Å². The van der Waals surface area contributed by atoms with E-state index in [-0.39, 0.29) is 5.91 Å². The van der Waals surface area contributed by atoms with E-state index in [1.807, 2.05) is 25.1 Å². The molecule has 22 heavy (non-hydrogen) atoms. The van der Waals surface area contributed by atoms with Crippen molar-refractivity contribution >= 4 is 33.3 Å². The fourth-order valence-electron chi connectivity index (χ4n) is 1.85. The first-order valence-electron chi connectivity index (χ1n) is 7.23. The molecule has 116 valence electrons. The summed E-state index contributed by atoms with van der Waals surface area (Å²) in [5, 5.41) is 6.12. The van der Waals surface area contributed by atoms with Gasteiger partial charge in [0.25, 0.3) is 5.91 Å². The Labute approximate surface area is 139 Å². The normalized spacial score (nSPS) is 10.6. The number of pyridine rings is 1. The first-order valence-corrected chi connectivity index (χ1v) is 8.02. The number of halogens is 1. The predicted octanol–water partition coefficient (Wildman–Crippen LogP) is 4.47. The Bertz CT molecular complexity index is 671. The molecule has 1 heterocycles. The van der Waals surface area contributed by atoms with Crippen molar-refractivity contribution in [2.75, 3.05) is 17.2 Å². The molecule has 0 fully saturated rings. The fourth-order valence-corrected chi connectivity index (χ4v) is 2.23. The maximum absolute atomic E-state index is 12.3. The molecule has 0 aliphatic heterocycles. The molecule has 4 nitrogen and oxygen atoms in total. The maximum atomic E-state index is 12.3. The lowest BCUT2D eigenvalue weighted by Crippen LogP contribution is -2.14. The summed E-state index contributed by atoms with van der Waals surface area (Å²) in [6, 6.07) is 9.21. The van der Waals surface area contributed by atoms with E-state index in [4.69, 9.17) is 0 Å². The van der Waals surface area contributed by atoms with Gasteiger partial charge in [-0.2, -0.15) is 0 Å². The molecule has 0 saturated heterocycles. The molecule has 1 aromatic heterocycles. The van der Waals surface area contributed by atoms with Gasteiger partial charge in [-0.1, -0.05) is 35.8 Å². The van der Waals surface area contributed by atoms with Crippen molar-refractivity contribution in [1.82, 2.24) is 4.98 Å². The van der Waals surface area contributed by atoms with Crippen molar-refractivity contribution in [3.05, 3.63) is 52.1 Å². The van der Waals surface area contributed by atoms with Crippen LogP contribution in [0.25, 0.3) is 0 Å². The minimum Gasteiger partial charge on any atom is -0.370 e. The number of anilines is 2. The van der Waals surface area contributed by atoms with E-state index in [0.717, 1.165) is 22.3 Å². The van der Waals surface area contributed by atoms with Gasteiger partial charge in [0.05, 0.1) is 0 Å². The number of carbonyl (C=O) groups is 1. The van der Waals surface area contributed by atoms with Gasteiger partial charge in [0.15, 0.2) is 0 Å². The molecular formula is C17H20BrN3O. The van der Waals surface area contributed by atoms with Crippen molar-refractivity contribution < 1.29 is 4.79 Å². The third-order valence-electron chi connectivity index (χ3n) is 3.14. The third kappa shape index (κ3) is 4.56. The quantitative estimate of drug-likeness (QED) is 0.825. The summed E-state index contributed by atoms with van der Waals surface area (Å²) in [5.41, 5.74) is 2.47. The molecule has 0 aliphatic carbocycles. The Morgan fingerprint density at radius 2 is 2.05 bits per heavy atom. The van der Waals surface area contributed by atoms with Crippen LogP contribution in [0.3, 0.4) is 0 Å². The number of nitrogens with zero attached hydrogens (tertiary/aromatic N) is 1. The number of carbonyl (C=O) groups excluding carboxylic acids is 1. The van der Waals surface area contributed by atoms with Crippen LogP contribution >= 0.6 is 15.9 Å². The van der Waals surface area contributed by atoms with Crippen LogP contribution in [0, 0.1) is 12.8 Å². The zero-order valence-corrected chi connectivity index (χ0v) is 14.6. The van der Waals surface area contributed by atoms with Crippen molar-refractivity contribution in [1.29, 1.82) is 0 Å². The Kier molecular flexibility index (Phi) is 5.55. The zero-order chi connectivity index (χ0) is 16.1. The summed E-state index contributed by atoms with van der Waals surface area (Å²) in [6.07, 6.45) is 1.64. The summed E-state index contributed by atoms with van der Waals surface area (Å²) in [6.45, 7) is 7.08. The number of rotatable bonds is 5. The smallest absolute Gasteiger partial charge is 0.255 e. The summed E-state index contributed by atoms with van der Waals surface area (Å²) in [5.74, 6) is 1.08. The number of hydrogen-bond donors (Lipinski definition) is 2. The van der Waals surface area contributed by atoms with Gasteiger partial charge in [-0.25, -0.2) is 4.98 Å². The minimum atomic E-state index is -0.147. The lowest BCUT2D eigenvalue weighted by atomic mass is 10.2. The second-order valence-corrected chi connectivity index (χ2v) is 6.48. The second-order valence-electron chi connectivity index (χ2n) is 5.62. The van der Waals surface area contributed by atoms with Crippen LogP contribution < -0.4 is 10.6 Å². The average Bonchev–Trinajstić information content (AvgIpc) is 2.49. The highest BCUT2D eigenvalue weighted by Gasteiger charge is 2.08. The van der Waals surface area contributed by atoms with Gasteiger partial charge in [-0.05, 0) is 42.7 Å². The van der Waals surface area contributed by atoms with Crippen molar-refractivity contribution in [2.45, 2.75) is 20.8 Å². The minimum absolute atomic E-state index is 0.147. The Morgan fingerprint density at radius 1 is 1.27 bits per heavy atom. The first kappa shape index (κ1) is 16.5. The highest BCUT2D eigenvalue weighted by Crippen LogP contribution is 2.21. The van der Waals surface area contributed by atoms with Crippen LogP contribution in [0.5, 0.6) is 0 Å². The Morgan fingerprint density at radius 3 is 2.73 bits per heavy atom. The van der Waals surface area contributed by atoms with E-state index in [9.17, 15) is 4.79 Å². The van der Waals surface area contributed by atoms with Crippen LogP contribution in [0.2, 0.25) is 0 Å². The molecule has 0 bridgehead atoms. The molecule has 0 atom stereocenters. The molecule has 5 heteroatoms. The highest BCUT2D eigenvalue weighted by atomic mass is 79.9. The molecule has 0 spiro atoms. The monoisotopic (exact) mass is 361 g/mol. The molecule has 0 unspecified atom stereocenters. The number of nitrogens with one attached hydrogen (secondary N) is 2. The van der Waals surface area contributed by atoms with E-state index in [1.54, 1.807) is 18.3 Å². The Balaban J connectivity index is 2.08. The van der Waals surface area contributed by atoms with Crippen LogP contribution in [0.1, 0.15) is 29.8 Å². The van der Waals surface area contributed by atoms with E-state index >= 15 is 0 Å². The molecule has 2 rings (SSSR count). The van der Waals surface area contributed by atoms with Crippen molar-refractivity contribution in [3.8, 4) is 0 Å². The largest absolute Gasteiger partial charge is 0.370 e. The number of benzene rings is 1. The fraction of sp³-hybridized carbons (Fsp3) is 0.294. The lowest BCUT2D eigenvalue weighted by molar-refractivity contribution is 0.102. The molecule has 2 aromatic rings. The molecule has 1 amide bonds. The van der Waals surface area contributed by atoms with E-state index in [2.05, 4.69) is 45.4 Å². The summed E-state index contributed by atoms with van der Waals surface area (Å²) in [7, 11) is 0. The second kappa shape index (κ2) is 7.40. The molecule has 2 N–H and O–H groups in total. The van der Waals surface area contributed by atoms with Crippen LogP contribution in [-0.4, -0.2) is 17.4 Å². The summed E-state index contributed by atoms with van der Waals surface area (Å²) >= 11 is 3.47. The SMILES string of the molecule is Cc1ccc(NC(=O)c2ccnc(NCC(C)C)c2)cc1Br. The molecule has 0 aliphatic rings. The number of aromatic nitrogens is 1. The number of aryl methyl sites for hydroxylation is 1. The summed E-state index contributed by atoms with van der Waals surface area (Å²) < 4.78 is 0.972. The van der Waals surface area contributed by atoms with Gasteiger partial charge in [0, 0.05) is 28.5 Å². The van der Waals surface area contributed by atoms with Gasteiger partial charge < -0.3 is 10.6 Å². The standard InChI is InChI=1S/C17H20BrN3O/c1-11(2)10-20-16-8-13(6-7-19-16)17(22)21-14-5-4-12(3)15(18)9-14/h4-9,11H,10H2,1-3H3,(H,19,20)(H,21,22). The first-order chi connectivity index (χ1) is 10.5. The van der Waals surface area contributed by atoms with Gasteiger partial charge in [-0.15, -0.1) is 0 Å². The maximum Gasteiger partial charge on any atom is 0.255 e. The molecule has 0 saturated carbocycles. The van der Waals surface area contributed by atoms with Crippen molar-refractivity contribution in [2.24, 2.45) is 5.92 Å². The highest BCUT2D eigenvalue weighted by molar-refractivity contribution is 9.10.